The van der Waals surface area contributed by atoms with Gasteiger partial charge in [-0.1, -0.05) is 20.8 Å². The van der Waals surface area contributed by atoms with Crippen molar-refractivity contribution >= 4 is 20.2 Å². The lowest BCUT2D eigenvalue weighted by molar-refractivity contribution is -0.146. The van der Waals surface area contributed by atoms with Gasteiger partial charge in [0.2, 0.25) is 0 Å². The highest BCUT2D eigenvalue weighted by atomic mass is 28.4. The summed E-state index contributed by atoms with van der Waals surface area (Å²) < 4.78 is 16.6. The topological polar surface area (TPSA) is 57.1 Å². The Morgan fingerprint density at radius 1 is 1.36 bits per heavy atom. The number of hydrogen-bond donors (Lipinski definition) is 0. The molecule has 0 aliphatic carbocycles. The Labute approximate surface area is 135 Å². The van der Waals surface area contributed by atoms with Gasteiger partial charge in [-0.25, -0.2) is 0 Å². The average Bonchev–Trinajstić information content (AvgIpc) is 2.44. The molecule has 0 aromatic carbocycles. The van der Waals surface area contributed by atoms with Gasteiger partial charge in [-0.05, 0) is 31.5 Å². The van der Waals surface area contributed by atoms with Crippen LogP contribution < -0.4 is 0 Å². The van der Waals surface area contributed by atoms with E-state index in [-0.39, 0.29) is 16.9 Å². The monoisotopic (exact) mass is 329 g/mol. The molecule has 0 N–H and O–H groups in total. The number of esters is 1. The van der Waals surface area contributed by atoms with Crippen molar-refractivity contribution in [1.82, 2.24) is 0 Å². The maximum atomic E-state index is 12.1. The number of nitrogens with zero attached hydrogens (tertiary/aromatic N) is 1. The zero-order chi connectivity index (χ0) is 17.0. The van der Waals surface area contributed by atoms with Crippen molar-refractivity contribution in [2.24, 2.45) is 16.8 Å². The first-order valence-electron chi connectivity index (χ1n) is 8.01. The van der Waals surface area contributed by atoms with Crippen LogP contribution >= 0.6 is 0 Å². The van der Waals surface area contributed by atoms with Gasteiger partial charge in [-0.2, -0.15) is 0 Å². The van der Waals surface area contributed by atoms with Crippen LogP contribution in [0.25, 0.3) is 0 Å². The number of hydrogen-bond acceptors (Lipinski definition) is 5. The smallest absolute Gasteiger partial charge is 0.318 e. The van der Waals surface area contributed by atoms with Gasteiger partial charge in [0.1, 0.15) is 5.92 Å². The largest absolute Gasteiger partial charge is 0.484 e. The van der Waals surface area contributed by atoms with Gasteiger partial charge < -0.3 is 13.9 Å². The predicted molar refractivity (Wildman–Crippen MR) is 90.7 cm³/mol. The molecule has 5 nitrogen and oxygen atoms in total. The lowest BCUT2D eigenvalue weighted by Gasteiger charge is -2.38. The lowest BCUT2D eigenvalue weighted by atomic mass is 9.92. The van der Waals surface area contributed by atoms with E-state index in [1.807, 2.05) is 6.92 Å². The van der Waals surface area contributed by atoms with Gasteiger partial charge >= 0.3 is 5.97 Å². The van der Waals surface area contributed by atoms with Crippen LogP contribution in [0.4, 0.5) is 0 Å². The van der Waals surface area contributed by atoms with E-state index in [2.05, 4.69) is 38.9 Å². The van der Waals surface area contributed by atoms with Gasteiger partial charge in [0.25, 0.3) is 0 Å². The zero-order valence-electron chi connectivity index (χ0n) is 15.1. The van der Waals surface area contributed by atoms with E-state index in [1.54, 1.807) is 7.11 Å². The van der Waals surface area contributed by atoms with Gasteiger partial charge in [-0.3, -0.25) is 9.79 Å². The zero-order valence-corrected chi connectivity index (χ0v) is 16.1. The van der Waals surface area contributed by atoms with Crippen molar-refractivity contribution < 1.29 is 18.7 Å². The highest BCUT2D eigenvalue weighted by molar-refractivity contribution is 6.74. The first-order chi connectivity index (χ1) is 10.1. The molecule has 1 aliphatic heterocycles. The van der Waals surface area contributed by atoms with E-state index in [4.69, 9.17) is 13.9 Å². The standard InChI is InChI=1S/C16H31NO4Si/c1-8-20-15(18)13-9-12(10-17-14(13)19-5)11-21-22(6,7)16(2,3)4/h12-13H,8-11H2,1-7H3. The van der Waals surface area contributed by atoms with Crippen molar-refractivity contribution in [3.8, 4) is 0 Å². The fourth-order valence-electron chi connectivity index (χ4n) is 2.15. The molecule has 0 radical (unpaired) electrons. The van der Waals surface area contributed by atoms with Crippen molar-refractivity contribution in [2.45, 2.75) is 52.2 Å². The second-order valence-electron chi connectivity index (χ2n) is 7.36. The molecule has 128 valence electrons. The Morgan fingerprint density at radius 2 is 2.00 bits per heavy atom. The molecule has 0 amide bonds. The second-order valence-corrected chi connectivity index (χ2v) is 12.2. The third kappa shape index (κ3) is 4.81. The minimum atomic E-state index is -1.77. The van der Waals surface area contributed by atoms with Crippen LogP contribution in [0, 0.1) is 11.8 Å². The maximum Gasteiger partial charge on any atom is 0.318 e. The minimum absolute atomic E-state index is 0.184. The molecule has 22 heavy (non-hydrogen) atoms. The van der Waals surface area contributed by atoms with Crippen LogP contribution in [0.1, 0.15) is 34.1 Å². The predicted octanol–water partition coefficient (Wildman–Crippen LogP) is 3.25. The van der Waals surface area contributed by atoms with E-state index in [1.165, 1.54) is 0 Å². The van der Waals surface area contributed by atoms with Crippen molar-refractivity contribution in [3.63, 3.8) is 0 Å². The van der Waals surface area contributed by atoms with Gasteiger partial charge in [-0.15, -0.1) is 0 Å². The van der Waals surface area contributed by atoms with E-state index in [9.17, 15) is 4.79 Å². The van der Waals surface area contributed by atoms with Crippen molar-refractivity contribution in [1.29, 1.82) is 0 Å². The molecule has 0 fully saturated rings. The fraction of sp³-hybridized carbons (Fsp3) is 0.875. The number of carbonyl (C=O) groups excluding carboxylic acids is 1. The van der Waals surface area contributed by atoms with Gasteiger partial charge in [0.15, 0.2) is 14.2 Å². The fourth-order valence-corrected chi connectivity index (χ4v) is 3.23. The van der Waals surface area contributed by atoms with Crippen LogP contribution in [0.15, 0.2) is 4.99 Å². The number of methoxy groups -OCH3 is 1. The molecule has 0 aromatic heterocycles. The molecule has 0 bridgehead atoms. The summed E-state index contributed by atoms with van der Waals surface area (Å²) in [6.45, 7) is 14.6. The Balaban J connectivity index is 2.68. The summed E-state index contributed by atoms with van der Waals surface area (Å²) in [6.07, 6.45) is 0.681. The average molecular weight is 330 g/mol. The number of ether oxygens (including phenoxy) is 2. The third-order valence-corrected chi connectivity index (χ3v) is 9.14. The summed E-state index contributed by atoms with van der Waals surface area (Å²) in [7, 11) is -0.221. The first kappa shape index (κ1) is 19.2. The molecular weight excluding hydrogens is 298 g/mol. The molecule has 0 saturated heterocycles. The van der Waals surface area contributed by atoms with Crippen LogP contribution in [-0.2, 0) is 18.7 Å². The molecule has 0 aromatic rings. The molecule has 2 atom stereocenters. The van der Waals surface area contributed by atoms with E-state index in [0.29, 0.717) is 32.1 Å². The Hall–Kier alpha value is -0.883. The summed E-state index contributed by atoms with van der Waals surface area (Å²) in [5.41, 5.74) is 0. The van der Waals surface area contributed by atoms with Gasteiger partial charge in [0, 0.05) is 19.1 Å². The minimum Gasteiger partial charge on any atom is -0.484 e. The Morgan fingerprint density at radius 3 is 2.50 bits per heavy atom. The number of aliphatic imine (C=N–C) groups is 1. The van der Waals surface area contributed by atoms with Crippen LogP contribution in [0.2, 0.25) is 18.1 Å². The van der Waals surface area contributed by atoms with Crippen molar-refractivity contribution in [3.05, 3.63) is 0 Å². The lowest BCUT2D eigenvalue weighted by Crippen LogP contribution is -2.43. The van der Waals surface area contributed by atoms with E-state index < -0.39 is 14.2 Å². The molecule has 1 heterocycles. The Kier molecular flexibility index (Phi) is 6.61. The summed E-state index contributed by atoms with van der Waals surface area (Å²) >= 11 is 0. The highest BCUT2D eigenvalue weighted by Crippen LogP contribution is 2.37. The number of carbonyl (C=O) groups is 1. The summed E-state index contributed by atoms with van der Waals surface area (Å²) in [4.78, 5) is 16.5. The second kappa shape index (κ2) is 7.59. The molecule has 0 saturated carbocycles. The number of rotatable bonds is 5. The van der Waals surface area contributed by atoms with Crippen LogP contribution in [0.3, 0.4) is 0 Å². The summed E-state index contributed by atoms with van der Waals surface area (Å²) in [6, 6.07) is 0. The highest BCUT2D eigenvalue weighted by Gasteiger charge is 2.39. The maximum absolute atomic E-state index is 12.1. The van der Waals surface area contributed by atoms with Crippen LogP contribution in [-0.4, -0.2) is 47.1 Å². The summed E-state index contributed by atoms with van der Waals surface area (Å²) in [5.74, 6) is 0.0799. The first-order valence-corrected chi connectivity index (χ1v) is 10.9. The normalized spacial score (nSPS) is 23.0. The molecule has 1 aliphatic rings. The van der Waals surface area contributed by atoms with Crippen molar-refractivity contribution in [2.75, 3.05) is 26.9 Å². The molecule has 1 rings (SSSR count). The van der Waals surface area contributed by atoms with Crippen LogP contribution in [0.5, 0.6) is 0 Å². The van der Waals surface area contributed by atoms with Gasteiger partial charge in [0.05, 0.1) is 13.7 Å². The molecular formula is C16H31NO4Si. The molecule has 2 unspecified atom stereocenters. The summed E-state index contributed by atoms with van der Waals surface area (Å²) in [5, 5.41) is 0.184. The quantitative estimate of drug-likeness (QED) is 0.574. The Bertz CT molecular complexity index is 415. The third-order valence-electron chi connectivity index (χ3n) is 4.64. The SMILES string of the molecule is CCOC(=O)C1CC(CO[Si](C)(C)C(C)(C)C)CN=C1OC. The van der Waals surface area contributed by atoms with E-state index >= 15 is 0 Å². The van der Waals surface area contributed by atoms with E-state index in [0.717, 1.165) is 0 Å². The molecule has 6 heteroatoms. The molecule has 0 spiro atoms.